The Kier molecular flexibility index (Phi) is 2.42. The van der Waals surface area contributed by atoms with Gasteiger partial charge in [-0.05, 0) is 18.8 Å². The van der Waals surface area contributed by atoms with Gasteiger partial charge in [0.05, 0.1) is 6.33 Å². The van der Waals surface area contributed by atoms with Crippen molar-refractivity contribution in [2.24, 2.45) is 5.92 Å². The van der Waals surface area contributed by atoms with Crippen molar-refractivity contribution in [1.29, 1.82) is 0 Å². The van der Waals surface area contributed by atoms with Crippen molar-refractivity contribution in [3.8, 4) is 0 Å². The molecule has 0 unspecified atom stereocenters. The summed E-state index contributed by atoms with van der Waals surface area (Å²) in [5.41, 5.74) is 1.19. The number of hydrogen-bond acceptors (Lipinski definition) is 1. The zero-order chi connectivity index (χ0) is 8.23. The molecule has 0 atom stereocenters. The number of nitrogens with one attached hydrogen (secondary N) is 1. The van der Waals surface area contributed by atoms with E-state index in [0.717, 1.165) is 25.4 Å². The van der Waals surface area contributed by atoms with Crippen molar-refractivity contribution in [2.75, 3.05) is 13.1 Å². The highest BCUT2D eigenvalue weighted by Crippen LogP contribution is 2.27. The lowest BCUT2D eigenvalue weighted by Crippen LogP contribution is -2.12. The Morgan fingerprint density at radius 3 is 3.17 bits per heavy atom. The minimum atomic E-state index is 0.923. The van der Waals surface area contributed by atoms with Crippen LogP contribution >= 0.6 is 0 Å². The number of aromatic amines is 1. The van der Waals surface area contributed by atoms with Crippen LogP contribution in [0.4, 0.5) is 0 Å². The van der Waals surface area contributed by atoms with Gasteiger partial charge in [-0.25, -0.2) is 10.3 Å². The second-order valence-electron chi connectivity index (χ2n) is 3.40. The van der Waals surface area contributed by atoms with Gasteiger partial charge in [-0.15, -0.1) is 0 Å². The van der Waals surface area contributed by atoms with Crippen LogP contribution < -0.4 is 5.32 Å². The van der Waals surface area contributed by atoms with E-state index in [2.05, 4.69) is 15.3 Å². The van der Waals surface area contributed by atoms with Gasteiger partial charge >= 0.3 is 0 Å². The summed E-state index contributed by atoms with van der Waals surface area (Å²) in [6.45, 7) is 2.02. The lowest BCUT2D eigenvalue weighted by atomic mass is 10.3. The molecule has 1 N–H and O–H groups in total. The number of nitrogens with zero attached hydrogens (tertiary/aromatic N) is 2. The van der Waals surface area contributed by atoms with Gasteiger partial charge in [0.1, 0.15) is 0 Å². The van der Waals surface area contributed by atoms with E-state index in [4.69, 9.17) is 0 Å². The van der Waals surface area contributed by atoms with Crippen LogP contribution in [0.25, 0.3) is 0 Å². The molecule has 12 heavy (non-hydrogen) atoms. The first-order chi connectivity index (χ1) is 5.95. The van der Waals surface area contributed by atoms with Gasteiger partial charge in [0.15, 0.2) is 0 Å². The third kappa shape index (κ3) is 2.34. The Bertz CT molecular complexity index is 214. The summed E-state index contributed by atoms with van der Waals surface area (Å²) < 4.78 is 0. The lowest BCUT2D eigenvalue weighted by molar-refractivity contribution is 0.622. The zero-order valence-corrected chi connectivity index (χ0v) is 7.16. The average molecular weight is 164 g/mol. The highest BCUT2D eigenvalue weighted by Gasteiger charge is 2.20. The maximum atomic E-state index is 4.46. The lowest BCUT2D eigenvalue weighted by Gasteiger charge is -1.98. The molecule has 1 aliphatic rings. The largest absolute Gasteiger partial charge is 0.348 e. The van der Waals surface area contributed by atoms with Crippen molar-refractivity contribution in [3.05, 3.63) is 18.2 Å². The van der Waals surface area contributed by atoms with Crippen LogP contribution in [-0.2, 0) is 6.42 Å². The highest BCUT2D eigenvalue weighted by atomic mass is 14.9. The SMILES string of the molecule is c1ncc(CC[N]CC2CC2)[nH]1. The third-order valence-electron chi connectivity index (χ3n) is 2.18. The Morgan fingerprint density at radius 1 is 1.58 bits per heavy atom. The first-order valence-electron chi connectivity index (χ1n) is 4.55. The van der Waals surface area contributed by atoms with Gasteiger partial charge in [-0.2, -0.15) is 0 Å². The van der Waals surface area contributed by atoms with Crippen molar-refractivity contribution < 1.29 is 0 Å². The third-order valence-corrected chi connectivity index (χ3v) is 2.18. The van der Waals surface area contributed by atoms with E-state index in [0.29, 0.717) is 0 Å². The van der Waals surface area contributed by atoms with E-state index in [1.165, 1.54) is 18.5 Å². The maximum Gasteiger partial charge on any atom is 0.0921 e. The Labute approximate surface area is 72.6 Å². The van der Waals surface area contributed by atoms with Crippen molar-refractivity contribution in [3.63, 3.8) is 0 Å². The highest BCUT2D eigenvalue weighted by molar-refractivity contribution is 4.94. The molecule has 1 saturated carbocycles. The van der Waals surface area contributed by atoms with Crippen LogP contribution in [0.5, 0.6) is 0 Å². The van der Waals surface area contributed by atoms with Gasteiger partial charge in [-0.3, -0.25) is 0 Å². The Morgan fingerprint density at radius 2 is 2.50 bits per heavy atom. The van der Waals surface area contributed by atoms with Gasteiger partial charge < -0.3 is 4.98 Å². The summed E-state index contributed by atoms with van der Waals surface area (Å²) in [5, 5.41) is 4.46. The molecule has 1 aromatic heterocycles. The minimum absolute atomic E-state index is 0.923. The van der Waals surface area contributed by atoms with Gasteiger partial charge in [0.2, 0.25) is 0 Å². The minimum Gasteiger partial charge on any atom is -0.348 e. The van der Waals surface area contributed by atoms with Gasteiger partial charge in [0.25, 0.3) is 0 Å². The topological polar surface area (TPSA) is 42.8 Å². The van der Waals surface area contributed by atoms with E-state index >= 15 is 0 Å². The summed E-state index contributed by atoms with van der Waals surface area (Å²) in [6, 6.07) is 0. The Hall–Kier alpha value is -0.830. The van der Waals surface area contributed by atoms with Crippen molar-refractivity contribution in [2.45, 2.75) is 19.3 Å². The predicted molar refractivity (Wildman–Crippen MR) is 46.9 cm³/mol. The zero-order valence-electron chi connectivity index (χ0n) is 7.16. The van der Waals surface area contributed by atoms with Gasteiger partial charge in [0, 0.05) is 31.4 Å². The molecule has 0 saturated heterocycles. The smallest absolute Gasteiger partial charge is 0.0921 e. The van der Waals surface area contributed by atoms with Crippen LogP contribution in [0, 0.1) is 5.92 Å². The number of rotatable bonds is 5. The van der Waals surface area contributed by atoms with Crippen molar-refractivity contribution in [1.82, 2.24) is 15.3 Å². The van der Waals surface area contributed by atoms with E-state index in [1.54, 1.807) is 6.33 Å². The van der Waals surface area contributed by atoms with Gasteiger partial charge in [-0.1, -0.05) is 0 Å². The molecule has 1 heterocycles. The van der Waals surface area contributed by atoms with Crippen LogP contribution in [0.2, 0.25) is 0 Å². The summed E-state index contributed by atoms with van der Waals surface area (Å²) in [7, 11) is 0. The summed E-state index contributed by atoms with van der Waals surface area (Å²) in [4.78, 5) is 7.02. The van der Waals surface area contributed by atoms with Crippen LogP contribution in [0.15, 0.2) is 12.5 Å². The van der Waals surface area contributed by atoms with Crippen LogP contribution in [-0.4, -0.2) is 23.1 Å². The monoisotopic (exact) mass is 164 g/mol. The fourth-order valence-electron chi connectivity index (χ4n) is 1.20. The molecule has 3 heteroatoms. The van der Waals surface area contributed by atoms with Crippen LogP contribution in [0.1, 0.15) is 18.5 Å². The standard InChI is InChI=1S/C9H14N3/c1-2-8(1)5-10-4-3-9-6-11-7-12-9/h6-8H,1-5H2,(H,11,12). The second-order valence-corrected chi connectivity index (χ2v) is 3.40. The van der Waals surface area contributed by atoms with Crippen molar-refractivity contribution >= 4 is 0 Å². The molecule has 0 aromatic carbocycles. The fourth-order valence-corrected chi connectivity index (χ4v) is 1.20. The number of imidazole rings is 1. The first kappa shape index (κ1) is 7.80. The molecule has 1 aliphatic carbocycles. The molecule has 3 nitrogen and oxygen atoms in total. The normalized spacial score (nSPS) is 16.7. The number of aromatic nitrogens is 2. The summed E-state index contributed by atoms with van der Waals surface area (Å²) in [5.74, 6) is 0.923. The molecule has 1 aromatic rings. The molecule has 0 aliphatic heterocycles. The molecule has 2 rings (SSSR count). The molecule has 1 fully saturated rings. The molecule has 0 spiro atoms. The molecule has 0 bridgehead atoms. The molecular formula is C9H14N3. The summed E-state index contributed by atoms with van der Waals surface area (Å²) in [6.07, 6.45) is 7.39. The average Bonchev–Trinajstić information content (AvgIpc) is 2.76. The Balaban J connectivity index is 1.56. The molecule has 1 radical (unpaired) electrons. The number of H-pyrrole nitrogens is 1. The van der Waals surface area contributed by atoms with E-state index < -0.39 is 0 Å². The number of hydrogen-bond donors (Lipinski definition) is 1. The molecular weight excluding hydrogens is 150 g/mol. The van der Waals surface area contributed by atoms with E-state index in [1.807, 2.05) is 6.20 Å². The van der Waals surface area contributed by atoms with E-state index in [-0.39, 0.29) is 0 Å². The van der Waals surface area contributed by atoms with E-state index in [9.17, 15) is 0 Å². The molecule has 0 amide bonds. The fraction of sp³-hybridized carbons (Fsp3) is 0.667. The first-order valence-corrected chi connectivity index (χ1v) is 4.55. The predicted octanol–water partition coefficient (Wildman–Crippen LogP) is 0.967. The van der Waals surface area contributed by atoms with Crippen LogP contribution in [0.3, 0.4) is 0 Å². The maximum absolute atomic E-state index is 4.46. The molecule has 65 valence electrons. The second kappa shape index (κ2) is 3.72. The quantitative estimate of drug-likeness (QED) is 0.647. The summed E-state index contributed by atoms with van der Waals surface area (Å²) >= 11 is 0.